The minimum atomic E-state index is -0.491. The van der Waals surface area contributed by atoms with Crippen molar-refractivity contribution < 1.29 is 9.13 Å². The van der Waals surface area contributed by atoms with Crippen LogP contribution in [0.1, 0.15) is 37.5 Å². The Morgan fingerprint density at radius 2 is 2.03 bits per heavy atom. The van der Waals surface area contributed by atoms with Gasteiger partial charge in [0.1, 0.15) is 11.9 Å². The van der Waals surface area contributed by atoms with E-state index in [9.17, 15) is 4.39 Å². The predicted octanol–water partition coefficient (Wildman–Crippen LogP) is 4.38. The van der Waals surface area contributed by atoms with Gasteiger partial charge < -0.3 is 15.8 Å². The number of ether oxygens (including phenoxy) is 1. The van der Waals surface area contributed by atoms with Crippen LogP contribution in [-0.2, 0) is 0 Å². The van der Waals surface area contributed by atoms with E-state index in [0.717, 1.165) is 37.1 Å². The molecule has 0 aliphatic carbocycles. The molecule has 152 valence electrons. The highest BCUT2D eigenvalue weighted by atomic mass is 35.5. The van der Waals surface area contributed by atoms with Crippen LogP contribution in [-0.4, -0.2) is 27.9 Å². The Kier molecular flexibility index (Phi) is 5.69. The fourth-order valence-corrected chi connectivity index (χ4v) is 3.82. The second-order valence-electron chi connectivity index (χ2n) is 7.22. The zero-order valence-electron chi connectivity index (χ0n) is 16.1. The molecule has 0 saturated carbocycles. The minimum Gasteiger partial charge on any atom is -0.482 e. The lowest BCUT2D eigenvalue weighted by atomic mass is 10.1. The van der Waals surface area contributed by atoms with Crippen molar-refractivity contribution in [2.45, 2.75) is 31.9 Å². The standard InChI is InChI=1S/C21H23ClFN5O/c1-13(18-9-16(23)2-3-19(18)22)29-20-8-14(10-26-21(20)24)15-11-27-28(12-15)17-4-6-25-7-5-17/h2-3,8-13,17,25H,4-7H2,1H3,(H2,24,26)/t13-/m1/s1. The fraction of sp³-hybridized carbons (Fsp3) is 0.333. The lowest BCUT2D eigenvalue weighted by Gasteiger charge is -2.22. The van der Waals surface area contributed by atoms with E-state index in [-0.39, 0.29) is 11.6 Å². The van der Waals surface area contributed by atoms with Crippen LogP contribution in [0, 0.1) is 5.82 Å². The number of nitrogen functional groups attached to an aromatic ring is 1. The van der Waals surface area contributed by atoms with Crippen LogP contribution in [0.25, 0.3) is 11.1 Å². The smallest absolute Gasteiger partial charge is 0.166 e. The molecule has 1 aromatic carbocycles. The van der Waals surface area contributed by atoms with Gasteiger partial charge in [-0.15, -0.1) is 0 Å². The third kappa shape index (κ3) is 4.36. The van der Waals surface area contributed by atoms with Crippen LogP contribution < -0.4 is 15.8 Å². The molecule has 8 heteroatoms. The molecule has 1 fully saturated rings. The van der Waals surface area contributed by atoms with Gasteiger partial charge in [0, 0.05) is 34.1 Å². The first-order chi connectivity index (χ1) is 14.0. The normalized spacial score (nSPS) is 16.0. The Morgan fingerprint density at radius 3 is 2.83 bits per heavy atom. The number of halogens is 2. The Bertz CT molecular complexity index is 1000. The molecule has 0 radical (unpaired) electrons. The first-order valence-electron chi connectivity index (χ1n) is 9.63. The van der Waals surface area contributed by atoms with Gasteiger partial charge in [-0.05, 0) is 57.1 Å². The third-order valence-electron chi connectivity index (χ3n) is 5.20. The Morgan fingerprint density at radius 1 is 1.24 bits per heavy atom. The zero-order valence-corrected chi connectivity index (χ0v) is 16.9. The maximum Gasteiger partial charge on any atom is 0.166 e. The Labute approximate surface area is 173 Å². The first-order valence-corrected chi connectivity index (χ1v) is 10.0. The molecule has 29 heavy (non-hydrogen) atoms. The number of rotatable bonds is 5. The van der Waals surface area contributed by atoms with E-state index in [0.29, 0.717) is 22.4 Å². The SMILES string of the molecule is C[C@@H](Oc1cc(-c2cnn(C3CCNCC3)c2)cnc1N)c1cc(F)ccc1Cl. The van der Waals surface area contributed by atoms with Gasteiger partial charge in [-0.3, -0.25) is 4.68 Å². The van der Waals surface area contributed by atoms with Crippen LogP contribution in [0.5, 0.6) is 5.75 Å². The van der Waals surface area contributed by atoms with Gasteiger partial charge in [0.2, 0.25) is 0 Å². The van der Waals surface area contributed by atoms with Gasteiger partial charge in [-0.2, -0.15) is 5.10 Å². The highest BCUT2D eigenvalue weighted by molar-refractivity contribution is 6.31. The molecular formula is C21H23ClFN5O. The summed E-state index contributed by atoms with van der Waals surface area (Å²) in [6.45, 7) is 3.80. The second kappa shape index (κ2) is 8.39. The third-order valence-corrected chi connectivity index (χ3v) is 5.54. The summed E-state index contributed by atoms with van der Waals surface area (Å²) in [5, 5.41) is 8.32. The number of anilines is 1. The molecule has 1 aliphatic heterocycles. The molecule has 0 spiro atoms. The number of nitrogens with one attached hydrogen (secondary N) is 1. The van der Waals surface area contributed by atoms with Crippen LogP contribution in [0.4, 0.5) is 10.2 Å². The van der Waals surface area contributed by atoms with Crippen LogP contribution in [0.2, 0.25) is 5.02 Å². The van der Waals surface area contributed by atoms with E-state index in [2.05, 4.69) is 15.4 Å². The van der Waals surface area contributed by atoms with E-state index in [1.54, 1.807) is 13.1 Å². The van der Waals surface area contributed by atoms with E-state index in [1.807, 2.05) is 23.1 Å². The highest BCUT2D eigenvalue weighted by Gasteiger charge is 2.18. The Hall–Kier alpha value is -2.64. The average Bonchev–Trinajstić information content (AvgIpc) is 3.22. The molecule has 3 heterocycles. The molecule has 6 nitrogen and oxygen atoms in total. The van der Waals surface area contributed by atoms with Crippen LogP contribution in [0.15, 0.2) is 42.9 Å². The van der Waals surface area contributed by atoms with Crippen LogP contribution >= 0.6 is 11.6 Å². The number of hydrogen-bond donors (Lipinski definition) is 2. The van der Waals surface area contributed by atoms with Gasteiger partial charge in [-0.1, -0.05) is 11.6 Å². The van der Waals surface area contributed by atoms with E-state index in [1.165, 1.54) is 18.2 Å². The van der Waals surface area contributed by atoms with Crippen molar-refractivity contribution in [3.63, 3.8) is 0 Å². The van der Waals surface area contributed by atoms with Gasteiger partial charge in [0.05, 0.1) is 12.2 Å². The van der Waals surface area contributed by atoms with Crippen molar-refractivity contribution in [3.8, 4) is 16.9 Å². The molecule has 1 saturated heterocycles. The molecule has 0 amide bonds. The van der Waals surface area contributed by atoms with Crippen molar-refractivity contribution in [1.29, 1.82) is 0 Å². The molecule has 4 rings (SSSR count). The topological polar surface area (TPSA) is 78.0 Å². The van der Waals surface area contributed by atoms with Gasteiger partial charge in [0.15, 0.2) is 11.6 Å². The van der Waals surface area contributed by atoms with Crippen molar-refractivity contribution in [2.75, 3.05) is 18.8 Å². The second-order valence-corrected chi connectivity index (χ2v) is 7.63. The summed E-state index contributed by atoms with van der Waals surface area (Å²) in [4.78, 5) is 4.26. The molecule has 1 atom stereocenters. The zero-order chi connectivity index (χ0) is 20.4. The Balaban J connectivity index is 1.56. The summed E-state index contributed by atoms with van der Waals surface area (Å²) in [6, 6.07) is 6.42. The summed E-state index contributed by atoms with van der Waals surface area (Å²) in [6.07, 6.45) is 7.18. The number of nitrogens with zero attached hydrogens (tertiary/aromatic N) is 3. The fourth-order valence-electron chi connectivity index (χ4n) is 3.55. The monoisotopic (exact) mass is 415 g/mol. The molecule has 3 N–H and O–H groups in total. The largest absolute Gasteiger partial charge is 0.482 e. The van der Waals surface area contributed by atoms with Crippen LogP contribution in [0.3, 0.4) is 0 Å². The summed E-state index contributed by atoms with van der Waals surface area (Å²) < 4.78 is 21.6. The van der Waals surface area contributed by atoms with Crippen molar-refractivity contribution in [3.05, 3.63) is 59.3 Å². The number of pyridine rings is 1. The van der Waals surface area contributed by atoms with Gasteiger partial charge >= 0.3 is 0 Å². The van der Waals surface area contributed by atoms with Crippen molar-refractivity contribution >= 4 is 17.4 Å². The molecular weight excluding hydrogens is 393 g/mol. The first kappa shape index (κ1) is 19.7. The van der Waals surface area contributed by atoms with Crippen molar-refractivity contribution in [1.82, 2.24) is 20.1 Å². The number of nitrogens with two attached hydrogens (primary N) is 1. The van der Waals surface area contributed by atoms with Crippen molar-refractivity contribution in [2.24, 2.45) is 0 Å². The molecule has 0 unspecified atom stereocenters. The highest BCUT2D eigenvalue weighted by Crippen LogP contribution is 2.33. The molecule has 2 aromatic heterocycles. The lowest BCUT2D eigenvalue weighted by Crippen LogP contribution is -2.29. The van der Waals surface area contributed by atoms with E-state index < -0.39 is 6.10 Å². The van der Waals surface area contributed by atoms with Gasteiger partial charge in [0.25, 0.3) is 0 Å². The average molecular weight is 416 g/mol. The minimum absolute atomic E-state index is 0.263. The maximum absolute atomic E-state index is 13.6. The summed E-state index contributed by atoms with van der Waals surface area (Å²) >= 11 is 6.19. The maximum atomic E-state index is 13.6. The quantitative estimate of drug-likeness (QED) is 0.646. The van der Waals surface area contributed by atoms with E-state index >= 15 is 0 Å². The molecule has 3 aromatic rings. The summed E-state index contributed by atoms with van der Waals surface area (Å²) in [5.74, 6) is 0.314. The summed E-state index contributed by atoms with van der Waals surface area (Å²) in [7, 11) is 0. The predicted molar refractivity (Wildman–Crippen MR) is 111 cm³/mol. The van der Waals surface area contributed by atoms with Gasteiger partial charge in [-0.25, -0.2) is 9.37 Å². The lowest BCUT2D eigenvalue weighted by molar-refractivity contribution is 0.227. The molecule has 0 bridgehead atoms. The number of aromatic nitrogens is 3. The number of hydrogen-bond acceptors (Lipinski definition) is 5. The summed E-state index contributed by atoms with van der Waals surface area (Å²) in [5.41, 5.74) is 8.36. The number of benzene rings is 1. The molecule has 1 aliphatic rings. The number of piperidine rings is 1. The van der Waals surface area contributed by atoms with E-state index in [4.69, 9.17) is 22.1 Å².